The van der Waals surface area contributed by atoms with Crippen LogP contribution in [0.5, 0.6) is 0 Å². The number of aryl methyl sites for hydroxylation is 1. The molecule has 3 rings (SSSR count). The molecular formula is C13H16N5O3-. The maximum atomic E-state index is 12.3. The van der Waals surface area contributed by atoms with Crippen molar-refractivity contribution in [2.45, 2.75) is 25.7 Å². The van der Waals surface area contributed by atoms with Crippen molar-refractivity contribution in [1.82, 2.24) is 14.5 Å². The molecule has 1 fully saturated rings. The SMILES string of the molecule is Cn1c(C(=O)[O-])[n+]([O-])c2c(N3CCCCCC3)ncnc21. The Morgan fingerprint density at radius 3 is 2.52 bits per heavy atom. The van der Waals surface area contributed by atoms with E-state index in [2.05, 4.69) is 9.97 Å². The van der Waals surface area contributed by atoms with Crippen LogP contribution in [0.2, 0.25) is 0 Å². The van der Waals surface area contributed by atoms with Crippen LogP contribution in [-0.2, 0) is 7.05 Å². The van der Waals surface area contributed by atoms with Gasteiger partial charge in [0.1, 0.15) is 6.33 Å². The van der Waals surface area contributed by atoms with Crippen molar-refractivity contribution in [2.24, 2.45) is 7.05 Å². The average Bonchev–Trinajstić information content (AvgIpc) is 2.65. The first-order valence-corrected chi connectivity index (χ1v) is 7.00. The summed E-state index contributed by atoms with van der Waals surface area (Å²) in [6.07, 6.45) is 5.74. The predicted molar refractivity (Wildman–Crippen MR) is 72.5 cm³/mol. The van der Waals surface area contributed by atoms with Crippen LogP contribution in [0.3, 0.4) is 0 Å². The fraction of sp³-hybridized carbons (Fsp3) is 0.538. The van der Waals surface area contributed by atoms with Crippen molar-refractivity contribution in [3.8, 4) is 0 Å². The minimum absolute atomic E-state index is 0.195. The highest BCUT2D eigenvalue weighted by atomic mass is 16.5. The first kappa shape index (κ1) is 13.6. The number of imidazole rings is 1. The first-order valence-electron chi connectivity index (χ1n) is 7.00. The molecule has 0 N–H and O–H groups in total. The van der Waals surface area contributed by atoms with E-state index in [0.29, 0.717) is 16.2 Å². The summed E-state index contributed by atoms with van der Waals surface area (Å²) in [6, 6.07) is 0. The van der Waals surface area contributed by atoms with Crippen molar-refractivity contribution in [1.29, 1.82) is 0 Å². The van der Waals surface area contributed by atoms with E-state index in [1.807, 2.05) is 4.90 Å². The zero-order valence-electron chi connectivity index (χ0n) is 11.8. The quantitative estimate of drug-likeness (QED) is 0.538. The lowest BCUT2D eigenvalue weighted by Gasteiger charge is -2.21. The van der Waals surface area contributed by atoms with Crippen LogP contribution in [0, 0.1) is 5.21 Å². The molecule has 1 aliphatic rings. The van der Waals surface area contributed by atoms with E-state index in [-0.39, 0.29) is 5.52 Å². The summed E-state index contributed by atoms with van der Waals surface area (Å²) in [5.74, 6) is -1.48. The van der Waals surface area contributed by atoms with Crippen LogP contribution in [0.15, 0.2) is 6.33 Å². The van der Waals surface area contributed by atoms with Crippen molar-refractivity contribution < 1.29 is 14.6 Å². The summed E-state index contributed by atoms with van der Waals surface area (Å²) in [4.78, 5) is 21.4. The molecule has 112 valence electrons. The number of nitrogens with zero attached hydrogens (tertiary/aromatic N) is 5. The molecule has 8 heteroatoms. The van der Waals surface area contributed by atoms with Crippen LogP contribution in [0.1, 0.15) is 36.3 Å². The molecule has 0 atom stereocenters. The van der Waals surface area contributed by atoms with Gasteiger partial charge in [0.25, 0.3) is 5.65 Å². The van der Waals surface area contributed by atoms with Gasteiger partial charge in [-0.25, -0.2) is 14.3 Å². The zero-order valence-corrected chi connectivity index (χ0v) is 11.8. The maximum Gasteiger partial charge on any atom is 0.310 e. The molecule has 1 saturated heterocycles. The molecule has 0 radical (unpaired) electrons. The highest BCUT2D eigenvalue weighted by molar-refractivity contribution is 5.87. The zero-order chi connectivity index (χ0) is 15.0. The number of aromatic carboxylic acids is 1. The topological polar surface area (TPSA) is 101 Å². The monoisotopic (exact) mass is 290 g/mol. The number of rotatable bonds is 2. The molecule has 8 nitrogen and oxygen atoms in total. The normalized spacial score (nSPS) is 16.1. The third-order valence-electron chi connectivity index (χ3n) is 3.90. The van der Waals surface area contributed by atoms with Gasteiger partial charge in [0.15, 0.2) is 11.8 Å². The molecule has 0 spiro atoms. The minimum atomic E-state index is -1.52. The number of aromatic nitrogens is 4. The number of hydrogen-bond donors (Lipinski definition) is 0. The Balaban J connectivity index is 2.19. The second-order valence-electron chi connectivity index (χ2n) is 5.24. The fourth-order valence-electron chi connectivity index (χ4n) is 2.86. The van der Waals surface area contributed by atoms with Gasteiger partial charge >= 0.3 is 5.82 Å². The van der Waals surface area contributed by atoms with Gasteiger partial charge in [-0.2, -0.15) is 4.98 Å². The Bertz CT molecular complexity index is 689. The summed E-state index contributed by atoms with van der Waals surface area (Å²) >= 11 is 0. The number of fused-ring (bicyclic) bond motifs is 1. The molecule has 1 aliphatic heterocycles. The summed E-state index contributed by atoms with van der Waals surface area (Å²) in [6.45, 7) is 1.61. The Morgan fingerprint density at radius 1 is 1.24 bits per heavy atom. The van der Waals surface area contributed by atoms with Crippen LogP contribution in [0.25, 0.3) is 11.2 Å². The van der Waals surface area contributed by atoms with E-state index in [1.165, 1.54) is 17.9 Å². The van der Waals surface area contributed by atoms with Gasteiger partial charge in [0.2, 0.25) is 5.52 Å². The highest BCUT2D eigenvalue weighted by Gasteiger charge is 2.27. The smallest absolute Gasteiger partial charge is 0.310 e. The lowest BCUT2D eigenvalue weighted by molar-refractivity contribution is -0.584. The predicted octanol–water partition coefficient (Wildman–Crippen LogP) is -0.654. The van der Waals surface area contributed by atoms with E-state index < -0.39 is 11.8 Å². The molecule has 3 heterocycles. The van der Waals surface area contributed by atoms with E-state index in [0.717, 1.165) is 38.8 Å². The molecular weight excluding hydrogens is 274 g/mol. The molecule has 0 bridgehead atoms. The Hall–Kier alpha value is -2.38. The second-order valence-corrected chi connectivity index (χ2v) is 5.24. The van der Waals surface area contributed by atoms with Gasteiger partial charge in [-0.15, -0.1) is 0 Å². The van der Waals surface area contributed by atoms with Gasteiger partial charge in [0, 0.05) is 13.1 Å². The lowest BCUT2D eigenvalue weighted by Crippen LogP contribution is -2.41. The summed E-state index contributed by atoms with van der Waals surface area (Å²) < 4.78 is 1.60. The molecule has 21 heavy (non-hydrogen) atoms. The average molecular weight is 290 g/mol. The third kappa shape index (κ3) is 2.16. The van der Waals surface area contributed by atoms with E-state index in [9.17, 15) is 15.1 Å². The number of anilines is 1. The van der Waals surface area contributed by atoms with Crippen molar-refractivity contribution in [3.63, 3.8) is 0 Å². The second kappa shape index (κ2) is 5.19. The molecule has 0 aromatic carbocycles. The van der Waals surface area contributed by atoms with Gasteiger partial charge in [0.05, 0.1) is 7.05 Å². The number of carboxylic acids is 1. The standard InChI is InChI=1S/C13H17N5O3/c1-16-10-9(18(21)12(16)13(19)20)11(15-8-14-10)17-6-4-2-3-5-7-17/h8H,2-7H2,1H3,(H,19,20)/p-1. The van der Waals surface area contributed by atoms with Crippen LogP contribution in [-0.4, -0.2) is 33.6 Å². The van der Waals surface area contributed by atoms with Crippen molar-refractivity contribution in [2.75, 3.05) is 18.0 Å². The van der Waals surface area contributed by atoms with E-state index in [4.69, 9.17) is 0 Å². The number of hydrogen-bond acceptors (Lipinski definition) is 6. The number of carboxylic acid groups (broad SMARTS) is 1. The lowest BCUT2D eigenvalue weighted by atomic mass is 10.2. The van der Waals surface area contributed by atoms with Crippen LogP contribution >= 0.6 is 0 Å². The number of carbonyl (C=O) groups excluding carboxylic acids is 1. The van der Waals surface area contributed by atoms with Crippen molar-refractivity contribution >= 4 is 23.0 Å². The largest absolute Gasteiger partial charge is 0.710 e. The molecule has 0 unspecified atom stereocenters. The Labute approximate surface area is 121 Å². The summed E-state index contributed by atoms with van der Waals surface area (Å²) in [5, 5.41) is 23.4. The molecule has 0 aliphatic carbocycles. The maximum absolute atomic E-state index is 12.3. The van der Waals surface area contributed by atoms with Crippen LogP contribution in [0.4, 0.5) is 5.82 Å². The molecule has 0 amide bonds. The van der Waals surface area contributed by atoms with Gasteiger partial charge in [-0.05, 0) is 12.8 Å². The van der Waals surface area contributed by atoms with Crippen molar-refractivity contribution in [3.05, 3.63) is 17.4 Å². The molecule has 2 aromatic rings. The van der Waals surface area contributed by atoms with E-state index >= 15 is 0 Å². The highest BCUT2D eigenvalue weighted by Crippen LogP contribution is 2.23. The van der Waals surface area contributed by atoms with E-state index in [1.54, 1.807) is 0 Å². The van der Waals surface area contributed by atoms with Gasteiger partial charge < -0.3 is 20.0 Å². The third-order valence-corrected chi connectivity index (χ3v) is 3.90. The Kier molecular flexibility index (Phi) is 3.36. The molecule has 0 saturated carbocycles. The number of carbonyl (C=O) groups is 1. The first-order chi connectivity index (χ1) is 10.1. The summed E-state index contributed by atoms with van der Waals surface area (Å²) in [7, 11) is 1.49. The van der Waals surface area contributed by atoms with Gasteiger partial charge in [-0.1, -0.05) is 12.8 Å². The summed E-state index contributed by atoms with van der Waals surface area (Å²) in [5.41, 5.74) is 0.500. The minimum Gasteiger partial charge on any atom is -0.710 e. The fourth-order valence-corrected chi connectivity index (χ4v) is 2.86. The van der Waals surface area contributed by atoms with Crippen LogP contribution < -0.4 is 14.7 Å². The Morgan fingerprint density at radius 2 is 1.90 bits per heavy atom. The van der Waals surface area contributed by atoms with Gasteiger partial charge in [-0.3, -0.25) is 0 Å². The molecule has 2 aromatic heterocycles.